The van der Waals surface area contributed by atoms with Crippen LogP contribution in [0.4, 0.5) is 0 Å². The molecule has 0 aromatic heterocycles. The molecule has 90 valence electrons. The highest BCUT2D eigenvalue weighted by molar-refractivity contribution is 7.99. The van der Waals surface area contributed by atoms with E-state index in [1.165, 1.54) is 50.5 Å². The van der Waals surface area contributed by atoms with Crippen LogP contribution >= 0.6 is 11.8 Å². The molecule has 0 atom stereocenters. The first-order valence-electron chi connectivity index (χ1n) is 6.37. The van der Waals surface area contributed by atoms with E-state index in [2.05, 4.69) is 35.8 Å². The molecule has 1 saturated heterocycles. The zero-order valence-corrected chi connectivity index (χ0v) is 11.1. The summed E-state index contributed by atoms with van der Waals surface area (Å²) in [5, 5.41) is 3.46. The molecule has 0 aromatic carbocycles. The number of piperidine rings is 1. The Bertz CT molecular complexity index is 145. The fourth-order valence-electron chi connectivity index (χ4n) is 2.10. The number of rotatable bonds is 7. The van der Waals surface area contributed by atoms with Gasteiger partial charge < -0.3 is 10.2 Å². The van der Waals surface area contributed by atoms with E-state index in [1.54, 1.807) is 0 Å². The van der Waals surface area contributed by atoms with Crippen LogP contribution in [0.2, 0.25) is 0 Å². The quantitative estimate of drug-likeness (QED) is 0.674. The van der Waals surface area contributed by atoms with Gasteiger partial charge in [-0.1, -0.05) is 13.8 Å². The Morgan fingerprint density at radius 3 is 2.60 bits per heavy atom. The van der Waals surface area contributed by atoms with Crippen molar-refractivity contribution < 1.29 is 0 Å². The van der Waals surface area contributed by atoms with Crippen molar-refractivity contribution in [2.24, 2.45) is 5.92 Å². The van der Waals surface area contributed by atoms with Crippen molar-refractivity contribution in [3.8, 4) is 0 Å². The Morgan fingerprint density at radius 2 is 2.00 bits per heavy atom. The van der Waals surface area contributed by atoms with E-state index >= 15 is 0 Å². The molecule has 1 rings (SSSR count). The first kappa shape index (κ1) is 13.3. The van der Waals surface area contributed by atoms with Gasteiger partial charge in [0.2, 0.25) is 0 Å². The molecule has 2 nitrogen and oxygen atoms in total. The highest BCUT2D eigenvalue weighted by atomic mass is 32.2. The van der Waals surface area contributed by atoms with Gasteiger partial charge in [0.05, 0.1) is 0 Å². The molecule has 1 fully saturated rings. The molecule has 1 aliphatic heterocycles. The molecule has 0 aliphatic carbocycles. The molecule has 0 unspecified atom stereocenters. The molecule has 0 saturated carbocycles. The van der Waals surface area contributed by atoms with Crippen LogP contribution in [0, 0.1) is 5.92 Å². The molecule has 0 aromatic rings. The molecule has 0 radical (unpaired) electrons. The topological polar surface area (TPSA) is 15.3 Å². The standard InChI is InChI=1S/C12H26N2S/c1-3-13-11-12-5-7-14(8-6-12)9-10-15-4-2/h12-13H,3-11H2,1-2H3. The van der Waals surface area contributed by atoms with Crippen LogP contribution in [0.5, 0.6) is 0 Å². The van der Waals surface area contributed by atoms with Gasteiger partial charge in [-0.25, -0.2) is 0 Å². The summed E-state index contributed by atoms with van der Waals surface area (Å²) in [5.74, 6) is 3.51. The lowest BCUT2D eigenvalue weighted by Gasteiger charge is -2.31. The summed E-state index contributed by atoms with van der Waals surface area (Å²) in [4.78, 5) is 2.63. The predicted molar refractivity (Wildman–Crippen MR) is 70.7 cm³/mol. The summed E-state index contributed by atoms with van der Waals surface area (Å²) < 4.78 is 0. The molecular weight excluding hydrogens is 204 g/mol. The fraction of sp³-hybridized carbons (Fsp3) is 1.00. The first-order valence-corrected chi connectivity index (χ1v) is 7.53. The summed E-state index contributed by atoms with van der Waals surface area (Å²) in [6.07, 6.45) is 2.79. The van der Waals surface area contributed by atoms with Gasteiger partial charge in [-0.2, -0.15) is 11.8 Å². The average Bonchev–Trinajstić information content (AvgIpc) is 2.28. The molecule has 0 bridgehead atoms. The lowest BCUT2D eigenvalue weighted by molar-refractivity contribution is 0.192. The van der Waals surface area contributed by atoms with Crippen LogP contribution in [0.3, 0.4) is 0 Å². The minimum Gasteiger partial charge on any atom is -0.317 e. The number of nitrogens with zero attached hydrogens (tertiary/aromatic N) is 1. The molecule has 1 aliphatic rings. The third-order valence-corrected chi connectivity index (χ3v) is 4.03. The summed E-state index contributed by atoms with van der Waals surface area (Å²) >= 11 is 2.06. The van der Waals surface area contributed by atoms with E-state index in [0.717, 1.165) is 12.5 Å². The van der Waals surface area contributed by atoms with E-state index < -0.39 is 0 Å². The maximum atomic E-state index is 3.46. The van der Waals surface area contributed by atoms with Gasteiger partial charge in [0.15, 0.2) is 0 Å². The second-order valence-corrected chi connectivity index (χ2v) is 5.68. The minimum absolute atomic E-state index is 0.931. The maximum Gasteiger partial charge on any atom is 0.00723 e. The van der Waals surface area contributed by atoms with E-state index in [1.807, 2.05) is 0 Å². The third kappa shape index (κ3) is 5.79. The Hall–Kier alpha value is 0.270. The molecule has 0 spiro atoms. The lowest BCUT2D eigenvalue weighted by Crippen LogP contribution is -2.38. The SMILES string of the molecule is CCNCC1CCN(CCSCC)CC1. The van der Waals surface area contributed by atoms with E-state index in [9.17, 15) is 0 Å². The van der Waals surface area contributed by atoms with Crippen molar-refractivity contribution in [1.29, 1.82) is 0 Å². The van der Waals surface area contributed by atoms with Gasteiger partial charge in [0.1, 0.15) is 0 Å². The van der Waals surface area contributed by atoms with Gasteiger partial charge in [-0.05, 0) is 50.7 Å². The zero-order chi connectivity index (χ0) is 10.9. The van der Waals surface area contributed by atoms with Gasteiger partial charge in [0, 0.05) is 12.3 Å². The second kappa shape index (κ2) is 8.43. The van der Waals surface area contributed by atoms with Crippen molar-refractivity contribution in [3.05, 3.63) is 0 Å². The largest absolute Gasteiger partial charge is 0.317 e. The monoisotopic (exact) mass is 230 g/mol. The van der Waals surface area contributed by atoms with Crippen molar-refractivity contribution in [2.45, 2.75) is 26.7 Å². The van der Waals surface area contributed by atoms with Crippen LogP contribution in [-0.2, 0) is 0 Å². The molecule has 0 amide bonds. The Morgan fingerprint density at radius 1 is 1.27 bits per heavy atom. The maximum absolute atomic E-state index is 3.46. The zero-order valence-electron chi connectivity index (χ0n) is 10.3. The molecule has 3 heteroatoms. The predicted octanol–water partition coefficient (Wildman–Crippen LogP) is 2.06. The Kier molecular flexibility index (Phi) is 7.49. The number of thioether (sulfide) groups is 1. The highest BCUT2D eigenvalue weighted by Gasteiger charge is 2.17. The molecule has 15 heavy (non-hydrogen) atoms. The molecule has 1 N–H and O–H groups in total. The highest BCUT2D eigenvalue weighted by Crippen LogP contribution is 2.16. The van der Waals surface area contributed by atoms with Crippen molar-refractivity contribution in [2.75, 3.05) is 44.2 Å². The Labute approximate surface area is 99.2 Å². The van der Waals surface area contributed by atoms with Crippen LogP contribution in [-0.4, -0.2) is 49.1 Å². The van der Waals surface area contributed by atoms with Crippen LogP contribution in [0.25, 0.3) is 0 Å². The van der Waals surface area contributed by atoms with Gasteiger partial charge in [0.25, 0.3) is 0 Å². The van der Waals surface area contributed by atoms with Crippen LogP contribution in [0.15, 0.2) is 0 Å². The van der Waals surface area contributed by atoms with Crippen molar-refractivity contribution in [1.82, 2.24) is 10.2 Å². The summed E-state index contributed by atoms with van der Waals surface area (Å²) in [5.41, 5.74) is 0. The normalized spacial score (nSPS) is 19.6. The van der Waals surface area contributed by atoms with Crippen LogP contribution < -0.4 is 5.32 Å². The molecular formula is C12H26N2S. The fourth-order valence-corrected chi connectivity index (χ4v) is 2.78. The summed E-state index contributed by atoms with van der Waals surface area (Å²) in [6.45, 7) is 10.7. The van der Waals surface area contributed by atoms with Gasteiger partial charge >= 0.3 is 0 Å². The van der Waals surface area contributed by atoms with E-state index in [4.69, 9.17) is 0 Å². The van der Waals surface area contributed by atoms with E-state index in [-0.39, 0.29) is 0 Å². The summed E-state index contributed by atoms with van der Waals surface area (Å²) in [6, 6.07) is 0. The second-order valence-electron chi connectivity index (χ2n) is 4.29. The van der Waals surface area contributed by atoms with Gasteiger partial charge in [-0.3, -0.25) is 0 Å². The Balaban J connectivity index is 2.02. The average molecular weight is 230 g/mol. The smallest absolute Gasteiger partial charge is 0.00723 e. The number of nitrogens with one attached hydrogen (secondary N) is 1. The number of likely N-dealkylation sites (tertiary alicyclic amines) is 1. The first-order chi connectivity index (χ1) is 7.36. The summed E-state index contributed by atoms with van der Waals surface area (Å²) in [7, 11) is 0. The molecule has 1 heterocycles. The lowest BCUT2D eigenvalue weighted by atomic mass is 9.97. The number of hydrogen-bond donors (Lipinski definition) is 1. The van der Waals surface area contributed by atoms with E-state index in [0.29, 0.717) is 0 Å². The van der Waals surface area contributed by atoms with Crippen LogP contribution in [0.1, 0.15) is 26.7 Å². The van der Waals surface area contributed by atoms with Crippen molar-refractivity contribution in [3.63, 3.8) is 0 Å². The minimum atomic E-state index is 0.931. The number of hydrogen-bond acceptors (Lipinski definition) is 3. The third-order valence-electron chi connectivity index (χ3n) is 3.15. The van der Waals surface area contributed by atoms with Crippen molar-refractivity contribution >= 4 is 11.8 Å². The van der Waals surface area contributed by atoms with Gasteiger partial charge in [-0.15, -0.1) is 0 Å².